The maximum absolute atomic E-state index is 9.95. The zero-order valence-electron chi connectivity index (χ0n) is 13.1. The molecule has 0 saturated heterocycles. The van der Waals surface area contributed by atoms with Crippen LogP contribution in [0.3, 0.4) is 0 Å². The molecule has 0 amide bonds. The van der Waals surface area contributed by atoms with Gasteiger partial charge in [0.25, 0.3) is 0 Å². The summed E-state index contributed by atoms with van der Waals surface area (Å²) in [6, 6.07) is 6.39. The second-order valence-corrected chi connectivity index (χ2v) is 5.12. The summed E-state index contributed by atoms with van der Waals surface area (Å²) in [5.41, 5.74) is 3.80. The lowest BCUT2D eigenvalue weighted by Gasteiger charge is -2.18. The summed E-state index contributed by atoms with van der Waals surface area (Å²) in [5, 5.41) is 13.3. The molecule has 1 unspecified atom stereocenters. The van der Waals surface area contributed by atoms with Crippen LogP contribution in [0, 0.1) is 0 Å². The summed E-state index contributed by atoms with van der Waals surface area (Å²) in [5.74, 6) is 0. The van der Waals surface area contributed by atoms with Crippen molar-refractivity contribution in [2.45, 2.75) is 52.6 Å². The number of aliphatic hydroxyl groups excluding tert-OH is 1. The Labute approximate surface area is 123 Å². The molecule has 1 rings (SSSR count). The van der Waals surface area contributed by atoms with Gasteiger partial charge in [0.2, 0.25) is 0 Å². The highest BCUT2D eigenvalue weighted by molar-refractivity contribution is 5.57. The molecule has 0 aliphatic rings. The van der Waals surface area contributed by atoms with Gasteiger partial charge in [0.15, 0.2) is 0 Å². The maximum atomic E-state index is 9.95. The van der Waals surface area contributed by atoms with Crippen LogP contribution >= 0.6 is 0 Å². The van der Waals surface area contributed by atoms with Crippen molar-refractivity contribution in [2.75, 3.05) is 25.1 Å². The van der Waals surface area contributed by atoms with Crippen LogP contribution < -0.4 is 5.32 Å². The molecule has 20 heavy (non-hydrogen) atoms. The number of anilines is 1. The minimum absolute atomic E-state index is 0.406. The second-order valence-electron chi connectivity index (χ2n) is 5.12. The molecule has 0 heterocycles. The van der Waals surface area contributed by atoms with Crippen molar-refractivity contribution < 1.29 is 9.84 Å². The highest BCUT2D eigenvalue weighted by Crippen LogP contribution is 2.22. The first-order valence-electron chi connectivity index (χ1n) is 7.83. The van der Waals surface area contributed by atoms with E-state index in [0.29, 0.717) is 13.2 Å². The molecule has 3 nitrogen and oxygen atoms in total. The average molecular weight is 279 g/mol. The molecule has 0 saturated carbocycles. The SMILES string of the molecule is CCCCOCC(O)CNc1c(CC)cccc1CC. The van der Waals surface area contributed by atoms with Gasteiger partial charge in [0, 0.05) is 18.8 Å². The Kier molecular flexibility index (Phi) is 8.31. The highest BCUT2D eigenvalue weighted by atomic mass is 16.5. The number of nitrogens with one attached hydrogen (secondary N) is 1. The normalized spacial score (nSPS) is 12.4. The molecule has 0 radical (unpaired) electrons. The first-order valence-corrected chi connectivity index (χ1v) is 7.83. The third-order valence-corrected chi connectivity index (χ3v) is 3.47. The quantitative estimate of drug-likeness (QED) is 0.645. The van der Waals surface area contributed by atoms with Gasteiger partial charge in [0.05, 0.1) is 12.7 Å². The van der Waals surface area contributed by atoms with E-state index in [9.17, 15) is 5.11 Å². The van der Waals surface area contributed by atoms with Gasteiger partial charge < -0.3 is 15.2 Å². The first kappa shape index (κ1) is 17.0. The second kappa shape index (κ2) is 9.78. The van der Waals surface area contributed by atoms with E-state index in [1.807, 2.05) is 0 Å². The zero-order valence-corrected chi connectivity index (χ0v) is 13.1. The molecule has 0 aliphatic heterocycles. The molecular weight excluding hydrogens is 250 g/mol. The summed E-state index contributed by atoms with van der Waals surface area (Å²) >= 11 is 0. The number of aliphatic hydroxyl groups is 1. The van der Waals surface area contributed by atoms with Crippen molar-refractivity contribution in [1.82, 2.24) is 0 Å². The molecule has 114 valence electrons. The largest absolute Gasteiger partial charge is 0.389 e. The van der Waals surface area contributed by atoms with E-state index in [2.05, 4.69) is 44.3 Å². The third-order valence-electron chi connectivity index (χ3n) is 3.47. The number of rotatable bonds is 10. The number of ether oxygens (including phenoxy) is 1. The molecule has 0 aliphatic carbocycles. The van der Waals surface area contributed by atoms with Crippen molar-refractivity contribution in [2.24, 2.45) is 0 Å². The Balaban J connectivity index is 2.47. The Hall–Kier alpha value is -1.06. The predicted molar refractivity (Wildman–Crippen MR) is 85.4 cm³/mol. The number of hydrogen-bond donors (Lipinski definition) is 2. The van der Waals surface area contributed by atoms with Crippen LogP contribution in [0.5, 0.6) is 0 Å². The average Bonchev–Trinajstić information content (AvgIpc) is 2.49. The van der Waals surface area contributed by atoms with E-state index in [1.54, 1.807) is 0 Å². The minimum Gasteiger partial charge on any atom is -0.389 e. The van der Waals surface area contributed by atoms with Crippen LogP contribution in [-0.2, 0) is 17.6 Å². The van der Waals surface area contributed by atoms with E-state index in [-0.39, 0.29) is 0 Å². The Bertz CT molecular complexity index is 357. The van der Waals surface area contributed by atoms with E-state index in [0.717, 1.165) is 32.3 Å². The number of para-hydroxylation sites is 1. The zero-order chi connectivity index (χ0) is 14.8. The van der Waals surface area contributed by atoms with Gasteiger partial charge >= 0.3 is 0 Å². The summed E-state index contributed by atoms with van der Waals surface area (Å²) in [6.45, 7) is 8.13. The van der Waals surface area contributed by atoms with Gasteiger partial charge in [-0.1, -0.05) is 45.4 Å². The lowest BCUT2D eigenvalue weighted by Crippen LogP contribution is -2.25. The fourth-order valence-corrected chi connectivity index (χ4v) is 2.21. The van der Waals surface area contributed by atoms with Gasteiger partial charge in [-0.15, -0.1) is 0 Å². The van der Waals surface area contributed by atoms with Crippen LogP contribution in [-0.4, -0.2) is 31.0 Å². The fourth-order valence-electron chi connectivity index (χ4n) is 2.21. The third kappa shape index (κ3) is 5.51. The molecule has 1 atom stereocenters. The van der Waals surface area contributed by atoms with Crippen LogP contribution in [0.15, 0.2) is 18.2 Å². The van der Waals surface area contributed by atoms with Gasteiger partial charge in [-0.25, -0.2) is 0 Å². The van der Waals surface area contributed by atoms with E-state index >= 15 is 0 Å². The van der Waals surface area contributed by atoms with Crippen molar-refractivity contribution in [1.29, 1.82) is 0 Å². The first-order chi connectivity index (χ1) is 9.72. The molecule has 3 heteroatoms. The fraction of sp³-hybridized carbons (Fsp3) is 0.647. The van der Waals surface area contributed by atoms with Gasteiger partial charge in [-0.2, -0.15) is 0 Å². The summed E-state index contributed by atoms with van der Waals surface area (Å²) < 4.78 is 5.45. The lowest BCUT2D eigenvalue weighted by molar-refractivity contribution is 0.0421. The van der Waals surface area contributed by atoms with Crippen molar-refractivity contribution in [3.63, 3.8) is 0 Å². The molecule has 1 aromatic rings. The number of aryl methyl sites for hydroxylation is 2. The summed E-state index contributed by atoms with van der Waals surface area (Å²) in [6.07, 6.45) is 3.72. The van der Waals surface area contributed by atoms with E-state index in [1.165, 1.54) is 16.8 Å². The number of unbranched alkanes of at least 4 members (excludes halogenated alkanes) is 1. The monoisotopic (exact) mass is 279 g/mol. The van der Waals surface area contributed by atoms with Crippen LogP contribution in [0.2, 0.25) is 0 Å². The van der Waals surface area contributed by atoms with Gasteiger partial charge in [-0.3, -0.25) is 0 Å². The molecule has 0 spiro atoms. The van der Waals surface area contributed by atoms with Crippen LogP contribution in [0.25, 0.3) is 0 Å². The maximum Gasteiger partial charge on any atom is 0.0945 e. The van der Waals surface area contributed by atoms with Crippen molar-refractivity contribution >= 4 is 5.69 Å². The van der Waals surface area contributed by atoms with Crippen molar-refractivity contribution in [3.8, 4) is 0 Å². The Morgan fingerprint density at radius 1 is 1.15 bits per heavy atom. The highest BCUT2D eigenvalue weighted by Gasteiger charge is 2.09. The molecule has 2 N–H and O–H groups in total. The number of benzene rings is 1. The molecular formula is C17H29NO2. The molecule has 0 aromatic heterocycles. The van der Waals surface area contributed by atoms with E-state index < -0.39 is 6.10 Å². The van der Waals surface area contributed by atoms with Gasteiger partial charge in [-0.05, 0) is 30.4 Å². The summed E-state index contributed by atoms with van der Waals surface area (Å²) in [7, 11) is 0. The molecule has 0 bridgehead atoms. The smallest absolute Gasteiger partial charge is 0.0945 e. The standard InChI is InChI=1S/C17H29NO2/c1-4-7-11-20-13-16(19)12-18-17-14(5-2)9-8-10-15(17)6-3/h8-10,16,18-19H,4-7,11-13H2,1-3H3. The van der Waals surface area contributed by atoms with Gasteiger partial charge in [0.1, 0.15) is 0 Å². The van der Waals surface area contributed by atoms with Crippen molar-refractivity contribution in [3.05, 3.63) is 29.3 Å². The molecule has 1 aromatic carbocycles. The topological polar surface area (TPSA) is 41.5 Å². The lowest BCUT2D eigenvalue weighted by atomic mass is 10.0. The predicted octanol–water partition coefficient (Wildman–Crippen LogP) is 3.40. The number of hydrogen-bond acceptors (Lipinski definition) is 3. The Morgan fingerprint density at radius 2 is 1.80 bits per heavy atom. The van der Waals surface area contributed by atoms with Crippen LogP contribution in [0.4, 0.5) is 5.69 Å². The summed E-state index contributed by atoms with van der Waals surface area (Å²) in [4.78, 5) is 0. The molecule has 0 fully saturated rings. The van der Waals surface area contributed by atoms with E-state index in [4.69, 9.17) is 4.74 Å². The Morgan fingerprint density at radius 3 is 2.35 bits per heavy atom. The van der Waals surface area contributed by atoms with Crippen LogP contribution in [0.1, 0.15) is 44.7 Å². The minimum atomic E-state index is -0.457.